The first-order valence-electron chi connectivity index (χ1n) is 7.05. The summed E-state index contributed by atoms with van der Waals surface area (Å²) in [7, 11) is -0.964. The van der Waals surface area contributed by atoms with Gasteiger partial charge in [-0.25, -0.2) is 0 Å². The van der Waals surface area contributed by atoms with E-state index in [2.05, 4.69) is 72.4 Å². The van der Waals surface area contributed by atoms with E-state index in [0.29, 0.717) is 0 Å². The number of hydrogen-bond acceptors (Lipinski definition) is 1. The molecule has 0 N–H and O–H groups in total. The van der Waals surface area contributed by atoms with Crippen LogP contribution in [0.2, 0.25) is 0 Å². The zero-order chi connectivity index (χ0) is 14.1. The van der Waals surface area contributed by atoms with Gasteiger partial charge < -0.3 is 4.42 Å². The summed E-state index contributed by atoms with van der Waals surface area (Å²) < 4.78 is 6.05. The molecule has 0 unspecified atom stereocenters. The van der Waals surface area contributed by atoms with Crippen molar-refractivity contribution in [3.05, 3.63) is 90.1 Å². The zero-order valence-electron chi connectivity index (χ0n) is 11.5. The van der Waals surface area contributed by atoms with E-state index in [1.165, 1.54) is 15.6 Å². The maximum absolute atomic E-state index is 6.05. The van der Waals surface area contributed by atoms with E-state index in [4.69, 9.17) is 4.42 Å². The van der Waals surface area contributed by atoms with Gasteiger partial charge in [0.2, 0.25) is 0 Å². The molecule has 0 radical (unpaired) electrons. The molecule has 0 bridgehead atoms. The molecule has 0 amide bonds. The van der Waals surface area contributed by atoms with Crippen LogP contribution >= 0.6 is 0 Å². The van der Waals surface area contributed by atoms with Crippen LogP contribution in [-0.4, -0.2) is 8.01 Å². The van der Waals surface area contributed by atoms with Gasteiger partial charge in [0.15, 0.2) is 0 Å². The van der Waals surface area contributed by atoms with Gasteiger partial charge in [0.25, 0.3) is 0 Å². The van der Waals surface area contributed by atoms with Crippen LogP contribution in [0.15, 0.2) is 83.3 Å². The van der Waals surface area contributed by atoms with E-state index in [0.717, 1.165) is 11.2 Å². The van der Waals surface area contributed by atoms with Crippen molar-refractivity contribution < 1.29 is 4.42 Å². The Hall–Kier alpha value is -2.45. The molecule has 0 aliphatic heterocycles. The van der Waals surface area contributed by atoms with Crippen LogP contribution in [0.1, 0.15) is 5.56 Å². The first-order valence-corrected chi connectivity index (χ1v) is 8.63. The monoisotopic (exact) mass is 286 g/mol. The minimum absolute atomic E-state index is 0.964. The van der Waals surface area contributed by atoms with Crippen molar-refractivity contribution >= 4 is 29.2 Å². The summed E-state index contributed by atoms with van der Waals surface area (Å²) in [5.41, 5.74) is 5.68. The van der Waals surface area contributed by atoms with Crippen LogP contribution in [0.4, 0.5) is 0 Å². The van der Waals surface area contributed by atoms with Gasteiger partial charge in [-0.2, -0.15) is 0 Å². The lowest BCUT2D eigenvalue weighted by atomic mass is 10.2. The SMILES string of the molecule is C(c1ccccc1)=[si]1c2ccccc2oc2ccccc21. The standard InChI is InChI=1S/C19H14OSi/c1-2-8-15(9-3-1)14-21-18-12-6-4-10-16(18)20-17-11-5-7-13-19(17)21/h1-14H. The van der Waals surface area contributed by atoms with E-state index in [-0.39, 0.29) is 0 Å². The minimum atomic E-state index is -0.964. The normalized spacial score (nSPS) is 10.9. The second kappa shape index (κ2) is 5.15. The molecular formula is C19H14OSi. The average Bonchev–Trinajstić information content (AvgIpc) is 2.55. The summed E-state index contributed by atoms with van der Waals surface area (Å²) in [6.45, 7) is 0. The van der Waals surface area contributed by atoms with E-state index in [9.17, 15) is 0 Å². The second-order valence-corrected chi connectivity index (χ2v) is 7.26. The molecule has 1 heterocycles. The third kappa shape index (κ3) is 2.24. The summed E-state index contributed by atoms with van der Waals surface area (Å²) in [5, 5.41) is 0. The molecule has 21 heavy (non-hydrogen) atoms. The summed E-state index contributed by atoms with van der Waals surface area (Å²) in [6.07, 6.45) is 0. The van der Waals surface area contributed by atoms with E-state index in [1.54, 1.807) is 0 Å². The fraction of sp³-hybridized carbons (Fsp3) is 0. The maximum Gasteiger partial charge on any atom is 0.130 e. The quantitative estimate of drug-likeness (QED) is 0.356. The lowest BCUT2D eigenvalue weighted by Crippen LogP contribution is -1.92. The molecule has 0 saturated carbocycles. The molecule has 100 valence electrons. The van der Waals surface area contributed by atoms with Crippen LogP contribution in [0.5, 0.6) is 0 Å². The Morgan fingerprint density at radius 3 is 1.76 bits per heavy atom. The minimum Gasteiger partial charge on any atom is -0.457 e. The predicted molar refractivity (Wildman–Crippen MR) is 89.3 cm³/mol. The summed E-state index contributed by atoms with van der Waals surface area (Å²) in [4.78, 5) is 2.65. The molecule has 0 fully saturated rings. The fourth-order valence-corrected chi connectivity index (χ4v) is 5.17. The highest BCUT2D eigenvalue weighted by Crippen LogP contribution is 2.21. The van der Waals surface area contributed by atoms with Crippen molar-refractivity contribution in [1.29, 1.82) is 0 Å². The number of hydrogen-bond donors (Lipinski definition) is 0. The lowest BCUT2D eigenvalue weighted by Gasteiger charge is -2.04. The lowest BCUT2D eigenvalue weighted by molar-refractivity contribution is 0.662. The Balaban J connectivity index is 2.20. The highest BCUT2D eigenvalue weighted by Gasteiger charge is 2.04. The van der Waals surface area contributed by atoms with Gasteiger partial charge >= 0.3 is 0 Å². The van der Waals surface area contributed by atoms with Crippen LogP contribution in [-0.2, 0) is 0 Å². The van der Waals surface area contributed by atoms with Gasteiger partial charge in [-0.15, -0.1) is 0 Å². The third-order valence-corrected chi connectivity index (χ3v) is 6.29. The number of rotatable bonds is 1. The van der Waals surface area contributed by atoms with Crippen molar-refractivity contribution in [3.63, 3.8) is 0 Å². The van der Waals surface area contributed by atoms with Gasteiger partial charge in [-0.05, 0) is 17.7 Å². The largest absolute Gasteiger partial charge is 0.457 e. The Labute approximate surface area is 124 Å². The number of benzene rings is 3. The smallest absolute Gasteiger partial charge is 0.130 e. The molecule has 0 aliphatic carbocycles. The van der Waals surface area contributed by atoms with Crippen molar-refractivity contribution in [2.75, 3.05) is 0 Å². The van der Waals surface area contributed by atoms with Gasteiger partial charge in [-0.1, -0.05) is 72.4 Å². The van der Waals surface area contributed by atoms with Gasteiger partial charge in [-0.3, -0.25) is 0 Å². The van der Waals surface area contributed by atoms with Gasteiger partial charge in [0, 0.05) is 9.99 Å². The van der Waals surface area contributed by atoms with E-state index < -0.39 is 8.01 Å². The van der Waals surface area contributed by atoms with Gasteiger partial charge in [0.1, 0.15) is 11.2 Å². The highest BCUT2D eigenvalue weighted by atomic mass is 28.2. The predicted octanol–water partition coefficient (Wildman–Crippen LogP) is 4.95. The Kier molecular flexibility index (Phi) is 3.02. The third-order valence-electron chi connectivity index (χ3n) is 3.68. The van der Waals surface area contributed by atoms with E-state index in [1.807, 2.05) is 12.1 Å². The molecule has 1 nitrogen and oxygen atoms in total. The Bertz CT molecular complexity index is 927. The van der Waals surface area contributed by atoms with Crippen molar-refractivity contribution in [2.45, 2.75) is 0 Å². The molecular weight excluding hydrogens is 272 g/mol. The summed E-state index contributed by atoms with van der Waals surface area (Å²) in [5.74, 6) is 0. The Morgan fingerprint density at radius 2 is 1.14 bits per heavy atom. The number of para-hydroxylation sites is 2. The van der Waals surface area contributed by atoms with Crippen molar-refractivity contribution in [2.24, 2.45) is 0 Å². The second-order valence-electron chi connectivity index (χ2n) is 5.06. The molecule has 3 aromatic carbocycles. The van der Waals surface area contributed by atoms with Gasteiger partial charge in [0.05, 0.1) is 8.01 Å². The van der Waals surface area contributed by atoms with Crippen LogP contribution in [0.25, 0.3) is 21.2 Å². The molecule has 0 spiro atoms. The van der Waals surface area contributed by atoms with E-state index >= 15 is 0 Å². The number of fused-ring (bicyclic) bond motifs is 2. The van der Waals surface area contributed by atoms with Crippen molar-refractivity contribution in [1.82, 2.24) is 0 Å². The van der Waals surface area contributed by atoms with Crippen molar-refractivity contribution in [3.8, 4) is 0 Å². The fourth-order valence-electron chi connectivity index (χ4n) is 2.69. The molecule has 2 heteroatoms. The zero-order valence-corrected chi connectivity index (χ0v) is 12.5. The topological polar surface area (TPSA) is 13.1 Å². The molecule has 1 aromatic heterocycles. The molecule has 4 aromatic rings. The van der Waals surface area contributed by atoms with Crippen LogP contribution < -0.4 is 0 Å². The maximum atomic E-state index is 6.05. The summed E-state index contributed by atoms with van der Waals surface area (Å²) >= 11 is 0. The van der Waals surface area contributed by atoms with Crippen LogP contribution in [0.3, 0.4) is 0 Å². The average molecular weight is 286 g/mol. The van der Waals surface area contributed by atoms with Crippen LogP contribution in [0, 0.1) is 5.67 Å². The highest BCUT2D eigenvalue weighted by molar-refractivity contribution is 6.68. The first-order chi connectivity index (χ1) is 10.4. The summed E-state index contributed by atoms with van der Waals surface area (Å²) in [6, 6.07) is 27.3. The Morgan fingerprint density at radius 1 is 0.619 bits per heavy atom. The first kappa shape index (κ1) is 12.3. The molecule has 4 rings (SSSR count). The molecule has 0 aliphatic rings. The molecule has 0 atom stereocenters. The molecule has 0 saturated heterocycles.